The molecular formula is C19H22ClFN4O2. The van der Waals surface area contributed by atoms with Gasteiger partial charge in [0.2, 0.25) is 11.8 Å². The Morgan fingerprint density at radius 2 is 1.96 bits per heavy atom. The van der Waals surface area contributed by atoms with Crippen LogP contribution in [0.5, 0.6) is 5.88 Å². The largest absolute Gasteiger partial charge is 0.467 e. The summed E-state index contributed by atoms with van der Waals surface area (Å²) in [4.78, 5) is 23.2. The Bertz CT molecular complexity index is 810. The number of anilines is 2. The molecule has 1 amide bonds. The normalized spacial score (nSPS) is 14.6. The van der Waals surface area contributed by atoms with E-state index in [1.807, 2.05) is 6.92 Å². The second-order valence-corrected chi connectivity index (χ2v) is 6.92. The number of carbonyl (C=O) groups is 1. The summed E-state index contributed by atoms with van der Waals surface area (Å²) in [7, 11) is 0. The molecule has 0 bridgehead atoms. The van der Waals surface area contributed by atoms with Gasteiger partial charge in [0.1, 0.15) is 5.82 Å². The standard InChI is InChI=1S/C19H22ClFN4O2/c1-13-10-18(24-19(22-13)25-8-4-2-3-5-9-25)27-12-17(26)23-14-6-7-16(21)15(20)11-14/h6-7,10-11H,2-5,8-9,12H2,1H3,(H,23,26). The van der Waals surface area contributed by atoms with E-state index in [9.17, 15) is 9.18 Å². The lowest BCUT2D eigenvalue weighted by Gasteiger charge is -2.21. The maximum absolute atomic E-state index is 13.2. The number of aromatic nitrogens is 2. The van der Waals surface area contributed by atoms with Crippen LogP contribution < -0.4 is 15.0 Å². The molecule has 0 aliphatic carbocycles. The molecule has 1 aliphatic rings. The van der Waals surface area contributed by atoms with Gasteiger partial charge in [-0.1, -0.05) is 24.4 Å². The van der Waals surface area contributed by atoms with Crippen molar-refractivity contribution in [3.05, 3.63) is 40.8 Å². The van der Waals surface area contributed by atoms with E-state index in [1.54, 1.807) is 6.07 Å². The number of nitrogens with one attached hydrogen (secondary N) is 1. The summed E-state index contributed by atoms with van der Waals surface area (Å²) in [5.74, 6) is 0.0698. The third-order valence-corrected chi connectivity index (χ3v) is 4.55. The minimum absolute atomic E-state index is 0.0535. The molecule has 1 saturated heterocycles. The molecule has 0 unspecified atom stereocenters. The van der Waals surface area contributed by atoms with Gasteiger partial charge in [0.05, 0.1) is 5.02 Å². The van der Waals surface area contributed by atoms with Gasteiger partial charge >= 0.3 is 0 Å². The van der Waals surface area contributed by atoms with Crippen LogP contribution in [0.3, 0.4) is 0 Å². The second kappa shape index (κ2) is 8.99. The van der Waals surface area contributed by atoms with E-state index < -0.39 is 5.82 Å². The van der Waals surface area contributed by atoms with E-state index in [4.69, 9.17) is 16.3 Å². The molecule has 1 aromatic heterocycles. The van der Waals surface area contributed by atoms with Crippen molar-refractivity contribution in [3.8, 4) is 5.88 Å². The molecule has 0 saturated carbocycles. The van der Waals surface area contributed by atoms with Crippen LogP contribution in [0.25, 0.3) is 0 Å². The minimum atomic E-state index is -0.539. The molecule has 1 aromatic carbocycles. The summed E-state index contributed by atoms with van der Waals surface area (Å²) in [6.45, 7) is 3.50. The SMILES string of the molecule is Cc1cc(OCC(=O)Nc2ccc(F)c(Cl)c2)nc(N2CCCCCC2)n1. The first kappa shape index (κ1) is 19.4. The zero-order valence-corrected chi connectivity index (χ0v) is 15.9. The van der Waals surface area contributed by atoms with E-state index in [-0.39, 0.29) is 17.5 Å². The van der Waals surface area contributed by atoms with Crippen molar-refractivity contribution in [2.75, 3.05) is 29.9 Å². The summed E-state index contributed by atoms with van der Waals surface area (Å²) in [5.41, 5.74) is 1.18. The molecule has 1 aliphatic heterocycles. The number of halogens is 2. The predicted octanol–water partition coefficient (Wildman–Crippen LogP) is 3.98. The second-order valence-electron chi connectivity index (χ2n) is 6.51. The van der Waals surface area contributed by atoms with Gasteiger partial charge < -0.3 is 15.0 Å². The Hall–Kier alpha value is -2.41. The Kier molecular flexibility index (Phi) is 6.45. The first-order chi connectivity index (χ1) is 13.0. The van der Waals surface area contributed by atoms with Crippen molar-refractivity contribution in [3.63, 3.8) is 0 Å². The Balaban J connectivity index is 1.61. The van der Waals surface area contributed by atoms with Crippen molar-refractivity contribution < 1.29 is 13.9 Å². The van der Waals surface area contributed by atoms with Gasteiger partial charge in [0.25, 0.3) is 5.91 Å². The first-order valence-electron chi connectivity index (χ1n) is 8.99. The van der Waals surface area contributed by atoms with Crippen molar-refractivity contribution in [2.45, 2.75) is 32.6 Å². The molecule has 2 heterocycles. The van der Waals surface area contributed by atoms with Gasteiger partial charge in [-0.05, 0) is 38.0 Å². The zero-order chi connectivity index (χ0) is 19.2. The van der Waals surface area contributed by atoms with E-state index in [2.05, 4.69) is 20.2 Å². The van der Waals surface area contributed by atoms with Crippen LogP contribution in [0.1, 0.15) is 31.4 Å². The van der Waals surface area contributed by atoms with Gasteiger partial charge in [-0.25, -0.2) is 9.37 Å². The number of carbonyl (C=O) groups excluding carboxylic acids is 1. The first-order valence-corrected chi connectivity index (χ1v) is 9.37. The Morgan fingerprint density at radius 1 is 1.22 bits per heavy atom. The number of hydrogen-bond donors (Lipinski definition) is 1. The summed E-state index contributed by atoms with van der Waals surface area (Å²) >= 11 is 5.71. The molecule has 1 fully saturated rings. The molecule has 6 nitrogen and oxygen atoms in total. The lowest BCUT2D eigenvalue weighted by molar-refractivity contribution is -0.118. The lowest BCUT2D eigenvalue weighted by Crippen LogP contribution is -2.26. The van der Waals surface area contributed by atoms with E-state index in [0.717, 1.165) is 31.6 Å². The molecular weight excluding hydrogens is 371 g/mol. The fourth-order valence-electron chi connectivity index (χ4n) is 2.92. The van der Waals surface area contributed by atoms with Crippen LogP contribution in [-0.4, -0.2) is 35.6 Å². The highest BCUT2D eigenvalue weighted by molar-refractivity contribution is 6.31. The van der Waals surface area contributed by atoms with Crippen LogP contribution >= 0.6 is 11.6 Å². The van der Waals surface area contributed by atoms with Crippen molar-refractivity contribution >= 4 is 29.1 Å². The molecule has 3 rings (SSSR count). The smallest absolute Gasteiger partial charge is 0.262 e. The lowest BCUT2D eigenvalue weighted by atomic mass is 10.2. The fourth-order valence-corrected chi connectivity index (χ4v) is 3.10. The molecule has 0 atom stereocenters. The molecule has 8 heteroatoms. The van der Waals surface area contributed by atoms with Crippen LogP contribution in [0.4, 0.5) is 16.0 Å². The third-order valence-electron chi connectivity index (χ3n) is 4.26. The van der Waals surface area contributed by atoms with Crippen molar-refractivity contribution in [1.82, 2.24) is 9.97 Å². The van der Waals surface area contributed by atoms with Gasteiger partial charge in [-0.3, -0.25) is 4.79 Å². The van der Waals surface area contributed by atoms with Crippen molar-refractivity contribution in [2.24, 2.45) is 0 Å². The average molecular weight is 393 g/mol. The van der Waals surface area contributed by atoms with E-state index in [0.29, 0.717) is 17.5 Å². The molecule has 0 spiro atoms. The highest BCUT2D eigenvalue weighted by atomic mass is 35.5. The molecule has 144 valence electrons. The number of rotatable bonds is 5. The van der Waals surface area contributed by atoms with Crippen LogP contribution in [0.15, 0.2) is 24.3 Å². The summed E-state index contributed by atoms with van der Waals surface area (Å²) in [6.07, 6.45) is 4.69. The highest BCUT2D eigenvalue weighted by Crippen LogP contribution is 2.21. The number of nitrogens with zero attached hydrogens (tertiary/aromatic N) is 3. The summed E-state index contributed by atoms with van der Waals surface area (Å²) in [5, 5.41) is 2.56. The number of ether oxygens (including phenoxy) is 1. The van der Waals surface area contributed by atoms with E-state index >= 15 is 0 Å². The maximum Gasteiger partial charge on any atom is 0.262 e. The van der Waals surface area contributed by atoms with Gasteiger partial charge in [-0.2, -0.15) is 4.98 Å². The van der Waals surface area contributed by atoms with E-state index in [1.165, 1.54) is 31.0 Å². The molecule has 2 aromatic rings. The maximum atomic E-state index is 13.2. The van der Waals surface area contributed by atoms with Gasteiger partial charge in [-0.15, -0.1) is 0 Å². The van der Waals surface area contributed by atoms with Gasteiger partial charge in [0, 0.05) is 30.5 Å². The topological polar surface area (TPSA) is 67.3 Å². The summed E-state index contributed by atoms with van der Waals surface area (Å²) in [6, 6.07) is 5.68. The molecule has 1 N–H and O–H groups in total. The van der Waals surface area contributed by atoms with Crippen LogP contribution in [0.2, 0.25) is 5.02 Å². The number of hydrogen-bond acceptors (Lipinski definition) is 5. The van der Waals surface area contributed by atoms with Gasteiger partial charge in [0.15, 0.2) is 6.61 Å². The average Bonchev–Trinajstić information content (AvgIpc) is 2.92. The molecule has 0 radical (unpaired) electrons. The van der Waals surface area contributed by atoms with Crippen LogP contribution in [0, 0.1) is 12.7 Å². The monoisotopic (exact) mass is 392 g/mol. The Labute approximate surface area is 162 Å². The van der Waals surface area contributed by atoms with Crippen LogP contribution in [-0.2, 0) is 4.79 Å². The Morgan fingerprint density at radius 3 is 2.67 bits per heavy atom. The zero-order valence-electron chi connectivity index (χ0n) is 15.2. The number of amides is 1. The van der Waals surface area contributed by atoms with Crippen molar-refractivity contribution in [1.29, 1.82) is 0 Å². The molecule has 27 heavy (non-hydrogen) atoms. The minimum Gasteiger partial charge on any atom is -0.467 e. The number of aryl methyl sites for hydroxylation is 1. The number of benzene rings is 1. The quantitative estimate of drug-likeness (QED) is 0.833. The highest BCUT2D eigenvalue weighted by Gasteiger charge is 2.15. The third kappa shape index (κ3) is 5.53. The fraction of sp³-hybridized carbons (Fsp3) is 0.421. The summed E-state index contributed by atoms with van der Waals surface area (Å²) < 4.78 is 18.7. The predicted molar refractivity (Wildman–Crippen MR) is 103 cm³/mol.